The molecular weight excluding hydrogens is 326 g/mol. The van der Waals surface area contributed by atoms with Crippen LogP contribution in [0, 0.1) is 0 Å². The van der Waals surface area contributed by atoms with E-state index in [1.54, 1.807) is 12.0 Å². The number of ether oxygens (including phenoxy) is 1. The third kappa shape index (κ3) is 3.83. The molecule has 1 saturated heterocycles. The summed E-state index contributed by atoms with van der Waals surface area (Å²) in [6.07, 6.45) is 0. The lowest BCUT2D eigenvalue weighted by molar-refractivity contribution is -0.914. The van der Waals surface area contributed by atoms with Crippen LogP contribution in [0.25, 0.3) is 0 Å². The highest BCUT2D eigenvalue weighted by atomic mass is 16.5. The number of amides is 1. The number of quaternary nitrogens is 1. The second-order valence-corrected chi connectivity index (χ2v) is 6.77. The molecule has 1 aliphatic rings. The lowest BCUT2D eigenvalue weighted by Crippen LogP contribution is -3.19. The van der Waals surface area contributed by atoms with Gasteiger partial charge in [0, 0.05) is 12.7 Å². The van der Waals surface area contributed by atoms with Gasteiger partial charge in [-0.05, 0) is 31.2 Å². The Labute approximate surface area is 155 Å². The molecule has 3 rings (SSSR count). The van der Waals surface area contributed by atoms with Gasteiger partial charge < -0.3 is 19.4 Å². The number of carbonyl (C=O) groups is 1. The monoisotopic (exact) mass is 354 g/mol. The Morgan fingerprint density at radius 2 is 1.69 bits per heavy atom. The molecule has 0 unspecified atom stereocenters. The summed E-state index contributed by atoms with van der Waals surface area (Å²) in [5.74, 6) is 1.07. The van der Waals surface area contributed by atoms with E-state index in [1.807, 2.05) is 62.5 Å². The fourth-order valence-corrected chi connectivity index (χ4v) is 3.60. The molecule has 1 heterocycles. The Morgan fingerprint density at radius 1 is 1.08 bits per heavy atom. The minimum Gasteiger partial charge on any atom is -0.495 e. The highest BCUT2D eigenvalue weighted by Crippen LogP contribution is 2.27. The molecule has 1 aliphatic heterocycles. The molecule has 138 valence electrons. The van der Waals surface area contributed by atoms with E-state index in [-0.39, 0.29) is 11.9 Å². The average Bonchev–Trinajstić information content (AvgIpc) is 2.73. The number of carbonyl (C=O) groups excluding carboxylic acids is 1. The number of benzene rings is 2. The van der Waals surface area contributed by atoms with Crippen molar-refractivity contribution in [1.82, 2.24) is 0 Å². The largest absolute Gasteiger partial charge is 0.495 e. The lowest BCUT2D eigenvalue weighted by atomic mass is 10.1. The maximum absolute atomic E-state index is 12.9. The highest BCUT2D eigenvalue weighted by molar-refractivity contribution is 5.95. The maximum atomic E-state index is 12.9. The predicted octanol–water partition coefficient (Wildman–Crippen LogP) is 1.45. The number of nitrogens with zero attached hydrogens (tertiary/aromatic N) is 2. The van der Waals surface area contributed by atoms with E-state index in [0.29, 0.717) is 0 Å². The molecule has 2 aromatic carbocycles. The summed E-state index contributed by atoms with van der Waals surface area (Å²) in [6.45, 7) is 5.75. The Bertz CT molecular complexity index is 727. The van der Waals surface area contributed by atoms with Crippen molar-refractivity contribution in [2.24, 2.45) is 0 Å². The van der Waals surface area contributed by atoms with Gasteiger partial charge in [-0.2, -0.15) is 0 Å². The molecule has 1 fully saturated rings. The van der Waals surface area contributed by atoms with Crippen LogP contribution in [0.2, 0.25) is 0 Å². The Balaban J connectivity index is 1.61. The van der Waals surface area contributed by atoms with Crippen LogP contribution in [0.3, 0.4) is 0 Å². The summed E-state index contributed by atoms with van der Waals surface area (Å²) in [7, 11) is 3.57. The van der Waals surface area contributed by atoms with Crippen molar-refractivity contribution in [2.45, 2.75) is 13.0 Å². The van der Waals surface area contributed by atoms with E-state index in [4.69, 9.17) is 4.74 Å². The highest BCUT2D eigenvalue weighted by Gasteiger charge is 2.31. The first-order valence-electron chi connectivity index (χ1n) is 9.17. The Hall–Kier alpha value is -2.53. The summed E-state index contributed by atoms with van der Waals surface area (Å²) in [4.78, 5) is 18.3. The number of methoxy groups -OCH3 is 1. The molecular formula is C21H28N3O2+. The van der Waals surface area contributed by atoms with Crippen LogP contribution in [-0.4, -0.2) is 52.3 Å². The van der Waals surface area contributed by atoms with Gasteiger partial charge >= 0.3 is 0 Å². The van der Waals surface area contributed by atoms with E-state index in [9.17, 15) is 4.79 Å². The molecule has 26 heavy (non-hydrogen) atoms. The number of nitrogens with one attached hydrogen (secondary N) is 1. The van der Waals surface area contributed by atoms with Gasteiger partial charge in [0.25, 0.3) is 5.91 Å². The van der Waals surface area contributed by atoms with Crippen molar-refractivity contribution in [3.05, 3.63) is 54.6 Å². The number of para-hydroxylation sites is 3. The van der Waals surface area contributed by atoms with E-state index in [0.717, 1.165) is 43.3 Å². The van der Waals surface area contributed by atoms with Crippen LogP contribution in [0.1, 0.15) is 6.92 Å². The zero-order valence-corrected chi connectivity index (χ0v) is 15.8. The van der Waals surface area contributed by atoms with Gasteiger partial charge in [-0.15, -0.1) is 0 Å². The first-order chi connectivity index (χ1) is 12.6. The van der Waals surface area contributed by atoms with Gasteiger partial charge in [0.05, 0.1) is 39.0 Å². The SMILES string of the molecule is COc1ccccc1N1CC[NH+]([C@H](C)C(=O)N(C)c2ccccc2)CC1. The molecule has 5 nitrogen and oxygen atoms in total. The smallest absolute Gasteiger partial charge is 0.284 e. The number of rotatable bonds is 5. The number of anilines is 2. The van der Waals surface area contributed by atoms with E-state index in [1.165, 1.54) is 4.90 Å². The molecule has 1 N–H and O–H groups in total. The van der Waals surface area contributed by atoms with Crippen molar-refractivity contribution in [1.29, 1.82) is 0 Å². The predicted molar refractivity (Wildman–Crippen MR) is 105 cm³/mol. The van der Waals surface area contributed by atoms with Crippen molar-refractivity contribution in [3.8, 4) is 5.75 Å². The van der Waals surface area contributed by atoms with E-state index >= 15 is 0 Å². The number of hydrogen-bond donors (Lipinski definition) is 1. The van der Waals surface area contributed by atoms with Gasteiger partial charge in [-0.25, -0.2) is 0 Å². The summed E-state index contributed by atoms with van der Waals surface area (Å²) < 4.78 is 5.48. The van der Waals surface area contributed by atoms with Gasteiger partial charge in [-0.1, -0.05) is 30.3 Å². The van der Waals surface area contributed by atoms with Crippen molar-refractivity contribution < 1.29 is 14.4 Å². The zero-order chi connectivity index (χ0) is 18.5. The van der Waals surface area contributed by atoms with E-state index < -0.39 is 0 Å². The van der Waals surface area contributed by atoms with Gasteiger partial charge in [0.1, 0.15) is 5.75 Å². The minimum absolute atomic E-state index is 0.0555. The molecule has 1 atom stereocenters. The Morgan fingerprint density at radius 3 is 2.35 bits per heavy atom. The number of piperazine rings is 1. The van der Waals surface area contributed by atoms with Crippen molar-refractivity contribution >= 4 is 17.3 Å². The van der Waals surface area contributed by atoms with Gasteiger partial charge in [0.2, 0.25) is 0 Å². The van der Waals surface area contributed by atoms with Crippen LogP contribution in [0.15, 0.2) is 54.6 Å². The third-order valence-corrected chi connectivity index (χ3v) is 5.29. The van der Waals surface area contributed by atoms with Crippen LogP contribution in [0.4, 0.5) is 11.4 Å². The van der Waals surface area contributed by atoms with Gasteiger partial charge in [-0.3, -0.25) is 4.79 Å². The van der Waals surface area contributed by atoms with Crippen molar-refractivity contribution in [3.63, 3.8) is 0 Å². The van der Waals surface area contributed by atoms with Crippen molar-refractivity contribution in [2.75, 3.05) is 50.1 Å². The summed E-state index contributed by atoms with van der Waals surface area (Å²) in [6, 6.07) is 17.9. The van der Waals surface area contributed by atoms with Gasteiger partial charge in [0.15, 0.2) is 6.04 Å². The second-order valence-electron chi connectivity index (χ2n) is 6.77. The normalized spacial score (nSPS) is 16.2. The lowest BCUT2D eigenvalue weighted by Gasteiger charge is -2.37. The fraction of sp³-hybridized carbons (Fsp3) is 0.381. The zero-order valence-electron chi connectivity index (χ0n) is 15.8. The summed E-state index contributed by atoms with van der Waals surface area (Å²) >= 11 is 0. The van der Waals surface area contributed by atoms with E-state index in [2.05, 4.69) is 11.0 Å². The maximum Gasteiger partial charge on any atom is 0.284 e. The molecule has 0 saturated carbocycles. The summed E-state index contributed by atoms with van der Waals surface area (Å²) in [5.41, 5.74) is 2.07. The Kier molecular flexibility index (Phi) is 5.78. The quantitative estimate of drug-likeness (QED) is 0.883. The second kappa shape index (κ2) is 8.23. The third-order valence-electron chi connectivity index (χ3n) is 5.29. The number of hydrogen-bond acceptors (Lipinski definition) is 3. The molecule has 0 aromatic heterocycles. The topological polar surface area (TPSA) is 37.2 Å². The number of likely N-dealkylation sites (N-methyl/N-ethyl adjacent to an activating group) is 1. The first kappa shape index (κ1) is 18.3. The van der Waals surface area contributed by atoms with Crippen LogP contribution >= 0.6 is 0 Å². The van der Waals surface area contributed by atoms with Crippen LogP contribution < -0.4 is 19.4 Å². The molecule has 1 amide bonds. The molecule has 0 radical (unpaired) electrons. The molecule has 0 bridgehead atoms. The first-order valence-corrected chi connectivity index (χ1v) is 9.17. The minimum atomic E-state index is -0.0555. The standard InChI is InChI=1S/C21H27N3O2/c1-17(21(25)22(2)18-9-5-4-6-10-18)23-13-15-24(16-14-23)19-11-7-8-12-20(19)26-3/h4-12,17H,13-16H2,1-3H3/p+1/t17-/m1/s1. The molecule has 5 heteroatoms. The summed E-state index contributed by atoms with van der Waals surface area (Å²) in [5, 5.41) is 0. The molecule has 0 spiro atoms. The average molecular weight is 354 g/mol. The molecule has 2 aromatic rings. The fourth-order valence-electron chi connectivity index (χ4n) is 3.60. The molecule has 0 aliphatic carbocycles. The van der Waals surface area contributed by atoms with Crippen LogP contribution in [0.5, 0.6) is 5.75 Å². The van der Waals surface area contributed by atoms with Crippen LogP contribution in [-0.2, 0) is 4.79 Å².